The lowest BCUT2D eigenvalue weighted by molar-refractivity contribution is -0.352. The largest absolute Gasteiger partial charge is 0.522 e. The summed E-state index contributed by atoms with van der Waals surface area (Å²) >= 11 is 0. The van der Waals surface area contributed by atoms with Crippen LogP contribution in [0.2, 0.25) is 0 Å². The number of benzene rings is 1. The number of amides is 3. The summed E-state index contributed by atoms with van der Waals surface area (Å²) in [5, 5.41) is 10.0. The predicted molar refractivity (Wildman–Crippen MR) is 124 cm³/mol. The van der Waals surface area contributed by atoms with E-state index >= 15 is 0 Å². The van der Waals surface area contributed by atoms with Gasteiger partial charge in [-0.15, -0.1) is 13.2 Å². The van der Waals surface area contributed by atoms with Crippen molar-refractivity contribution in [3.8, 4) is 0 Å². The van der Waals surface area contributed by atoms with Crippen molar-refractivity contribution in [1.29, 1.82) is 5.41 Å². The molecule has 0 bridgehead atoms. The molecular formula is C23H23F6N7O3. The molecule has 2 N–H and O–H groups in total. The summed E-state index contributed by atoms with van der Waals surface area (Å²) < 4.78 is 82.3. The fourth-order valence-corrected chi connectivity index (χ4v) is 4.20. The van der Waals surface area contributed by atoms with Crippen molar-refractivity contribution in [2.75, 3.05) is 44.2 Å². The van der Waals surface area contributed by atoms with E-state index in [0.717, 1.165) is 29.4 Å². The molecule has 0 spiro atoms. The SMILES string of the molecule is N=CC[C@H](NC(=O)N1CCN(c2ncc(F)c(C(=O)N3CC(OC(F)(F)F)C3)n2)CC1)c1cc(F)cc(F)c1. The van der Waals surface area contributed by atoms with Gasteiger partial charge in [-0.2, -0.15) is 0 Å². The summed E-state index contributed by atoms with van der Waals surface area (Å²) in [5.74, 6) is -3.57. The molecular weight excluding hydrogens is 536 g/mol. The van der Waals surface area contributed by atoms with Gasteiger partial charge in [0.15, 0.2) is 11.5 Å². The molecule has 16 heteroatoms. The van der Waals surface area contributed by atoms with Gasteiger partial charge in [0.1, 0.15) is 17.7 Å². The highest BCUT2D eigenvalue weighted by atomic mass is 19.4. The maximum Gasteiger partial charge on any atom is 0.522 e. The van der Waals surface area contributed by atoms with E-state index in [1.807, 2.05) is 0 Å². The van der Waals surface area contributed by atoms with Gasteiger partial charge in [0, 0.05) is 51.8 Å². The Balaban J connectivity index is 1.35. The molecule has 39 heavy (non-hydrogen) atoms. The average molecular weight is 559 g/mol. The van der Waals surface area contributed by atoms with Crippen LogP contribution in [0.1, 0.15) is 28.5 Å². The zero-order valence-corrected chi connectivity index (χ0v) is 20.2. The number of likely N-dealkylation sites (tertiary alicyclic amines) is 1. The second-order valence-electron chi connectivity index (χ2n) is 8.88. The number of hydrogen-bond acceptors (Lipinski definition) is 7. The fraction of sp³-hybridized carbons (Fsp3) is 0.435. The number of aromatic nitrogens is 2. The second-order valence-corrected chi connectivity index (χ2v) is 8.88. The first-order valence-electron chi connectivity index (χ1n) is 11.7. The molecule has 3 heterocycles. The number of anilines is 1. The van der Waals surface area contributed by atoms with Crippen molar-refractivity contribution in [1.82, 2.24) is 25.1 Å². The third-order valence-electron chi connectivity index (χ3n) is 6.16. The number of rotatable bonds is 7. The van der Waals surface area contributed by atoms with E-state index in [-0.39, 0.29) is 57.2 Å². The number of nitrogens with one attached hydrogen (secondary N) is 2. The molecule has 2 fully saturated rings. The number of urea groups is 1. The zero-order chi connectivity index (χ0) is 28.3. The van der Waals surface area contributed by atoms with Crippen molar-refractivity contribution in [3.05, 3.63) is 53.1 Å². The highest BCUT2D eigenvalue weighted by Gasteiger charge is 2.42. The van der Waals surface area contributed by atoms with Gasteiger partial charge in [0.25, 0.3) is 5.91 Å². The first-order valence-corrected chi connectivity index (χ1v) is 11.7. The molecule has 1 aromatic carbocycles. The van der Waals surface area contributed by atoms with Gasteiger partial charge < -0.3 is 25.4 Å². The number of nitrogens with zero attached hydrogens (tertiary/aromatic N) is 5. The first-order chi connectivity index (χ1) is 18.4. The van der Waals surface area contributed by atoms with E-state index in [9.17, 15) is 35.9 Å². The molecule has 4 rings (SSSR count). The van der Waals surface area contributed by atoms with Gasteiger partial charge in [0.05, 0.1) is 12.2 Å². The molecule has 2 aliphatic rings. The minimum absolute atomic E-state index is 0.000316. The van der Waals surface area contributed by atoms with E-state index in [1.54, 1.807) is 4.90 Å². The van der Waals surface area contributed by atoms with Gasteiger partial charge in [0.2, 0.25) is 5.95 Å². The summed E-state index contributed by atoms with van der Waals surface area (Å²) in [4.78, 5) is 37.2. The van der Waals surface area contributed by atoms with Crippen LogP contribution in [0.3, 0.4) is 0 Å². The molecule has 0 aliphatic carbocycles. The van der Waals surface area contributed by atoms with Gasteiger partial charge in [-0.3, -0.25) is 9.53 Å². The minimum Gasteiger partial charge on any atom is -0.337 e. The maximum atomic E-state index is 14.3. The Morgan fingerprint density at radius 1 is 1.08 bits per heavy atom. The third-order valence-corrected chi connectivity index (χ3v) is 6.16. The van der Waals surface area contributed by atoms with Crippen molar-refractivity contribution in [2.24, 2.45) is 0 Å². The van der Waals surface area contributed by atoms with Crippen LogP contribution in [-0.4, -0.2) is 89.7 Å². The quantitative estimate of drug-likeness (QED) is 0.399. The van der Waals surface area contributed by atoms with E-state index in [0.29, 0.717) is 6.07 Å². The summed E-state index contributed by atoms with van der Waals surface area (Å²) in [5.41, 5.74) is -0.430. The van der Waals surface area contributed by atoms with E-state index in [4.69, 9.17) is 5.41 Å². The van der Waals surface area contributed by atoms with Crippen LogP contribution < -0.4 is 10.2 Å². The van der Waals surface area contributed by atoms with Crippen molar-refractivity contribution >= 4 is 24.1 Å². The smallest absolute Gasteiger partial charge is 0.337 e. The first kappa shape index (κ1) is 28.1. The molecule has 2 aliphatic heterocycles. The molecule has 2 aromatic rings. The van der Waals surface area contributed by atoms with Crippen molar-refractivity contribution in [2.45, 2.75) is 24.9 Å². The lowest BCUT2D eigenvalue weighted by Gasteiger charge is -2.39. The van der Waals surface area contributed by atoms with Crippen LogP contribution in [0.25, 0.3) is 0 Å². The third kappa shape index (κ3) is 6.93. The minimum atomic E-state index is -4.84. The van der Waals surface area contributed by atoms with Gasteiger partial charge in [-0.1, -0.05) is 0 Å². The maximum absolute atomic E-state index is 14.3. The van der Waals surface area contributed by atoms with Crippen molar-refractivity contribution in [3.63, 3.8) is 0 Å². The number of piperazine rings is 1. The molecule has 10 nitrogen and oxygen atoms in total. The second kappa shape index (κ2) is 11.4. The van der Waals surface area contributed by atoms with Gasteiger partial charge in [-0.05, 0) is 23.9 Å². The summed E-state index contributed by atoms with van der Waals surface area (Å²) in [6.45, 7) is -0.0256. The molecule has 3 amide bonds. The van der Waals surface area contributed by atoms with E-state index in [2.05, 4.69) is 20.0 Å². The monoisotopic (exact) mass is 559 g/mol. The lowest BCUT2D eigenvalue weighted by Crippen LogP contribution is -2.56. The van der Waals surface area contributed by atoms with E-state index < -0.39 is 53.6 Å². The Morgan fingerprint density at radius 2 is 1.72 bits per heavy atom. The Hall–Kier alpha value is -3.95. The summed E-state index contributed by atoms with van der Waals surface area (Å²) in [6.07, 6.45) is -4.27. The predicted octanol–water partition coefficient (Wildman–Crippen LogP) is 2.87. The Labute approximate surface area is 218 Å². The molecule has 210 valence electrons. The number of ether oxygens (including phenoxy) is 1. The molecule has 0 radical (unpaired) electrons. The molecule has 2 saturated heterocycles. The van der Waals surface area contributed by atoms with Crippen LogP contribution in [0.5, 0.6) is 0 Å². The Morgan fingerprint density at radius 3 is 2.31 bits per heavy atom. The number of halogens is 6. The number of hydrogen-bond donors (Lipinski definition) is 2. The van der Waals surface area contributed by atoms with Gasteiger partial charge in [-0.25, -0.2) is 27.9 Å². The Kier molecular flexibility index (Phi) is 8.22. The van der Waals surface area contributed by atoms with Crippen molar-refractivity contribution < 1.29 is 40.7 Å². The van der Waals surface area contributed by atoms with Gasteiger partial charge >= 0.3 is 12.4 Å². The fourth-order valence-electron chi connectivity index (χ4n) is 4.20. The van der Waals surface area contributed by atoms with Crippen LogP contribution >= 0.6 is 0 Å². The average Bonchev–Trinajstić information content (AvgIpc) is 2.84. The number of carbonyl (C=O) groups excluding carboxylic acids is 2. The van der Waals surface area contributed by atoms with Crippen LogP contribution in [0.4, 0.5) is 37.1 Å². The summed E-state index contributed by atoms with van der Waals surface area (Å²) in [6, 6.07) is 1.48. The van der Waals surface area contributed by atoms with E-state index in [1.165, 1.54) is 4.90 Å². The van der Waals surface area contributed by atoms with Crippen LogP contribution in [0, 0.1) is 22.9 Å². The Bertz CT molecular complexity index is 1210. The van der Waals surface area contributed by atoms with Crippen LogP contribution in [-0.2, 0) is 4.74 Å². The summed E-state index contributed by atoms with van der Waals surface area (Å²) in [7, 11) is 0. The highest BCUT2D eigenvalue weighted by Crippen LogP contribution is 2.25. The van der Waals surface area contributed by atoms with Crippen LogP contribution in [0.15, 0.2) is 24.4 Å². The normalized spacial score (nSPS) is 17.0. The molecule has 1 atom stereocenters. The number of carbonyl (C=O) groups is 2. The molecule has 0 unspecified atom stereocenters. The number of alkyl halides is 3. The molecule has 0 saturated carbocycles. The molecule has 1 aromatic heterocycles. The lowest BCUT2D eigenvalue weighted by atomic mass is 10.0. The standard InChI is InChI=1S/C23H23F6N7O3/c24-14-7-13(8-15(25)9-14)18(1-2-30)32-22(38)35-5-3-34(4-6-35)21-31-10-17(26)19(33-21)20(37)36-11-16(12-36)39-23(27,28)29/h2,7-10,16,18,30H,1,3-6,11-12H2,(H,32,38)/t18-/m0/s1. The zero-order valence-electron chi connectivity index (χ0n) is 20.2. The topological polar surface area (TPSA) is 115 Å². The highest BCUT2D eigenvalue weighted by molar-refractivity contribution is 5.93.